The minimum atomic E-state index is -1.28. The molecule has 0 radical (unpaired) electrons. The third-order valence-electron chi connectivity index (χ3n) is 6.10. The molecule has 1 aliphatic heterocycles. The number of H-pyrrole nitrogens is 1. The van der Waals surface area contributed by atoms with Gasteiger partial charge < -0.3 is 16.0 Å². The number of aromatic amines is 1. The maximum Gasteiger partial charge on any atom is 0.330 e. The second-order valence-electron chi connectivity index (χ2n) is 8.08. The van der Waals surface area contributed by atoms with Crippen LogP contribution in [0.4, 0.5) is 16.3 Å². The number of carbonyl (C=O) groups is 3. The SMILES string of the molecule is CCCCn1c(N)c(N(CC)C(=O)CN2C(=O)N[C@@](CC)(c3ccccc3)C2=O)c(=O)[nH]c1=O. The first-order valence-electron chi connectivity index (χ1n) is 11.3. The standard InChI is InChI=1S/C23H30N6O5/c1-4-7-13-28-18(24)17(19(31)25-21(28)33)27(6-3)16(30)14-29-20(32)23(5-2,26-22(29)34)15-11-9-8-10-12-15/h8-12H,4-7,13-14,24H2,1-3H3,(H,26,34)(H,25,31,33)/t23-/m0/s1. The smallest absolute Gasteiger partial charge is 0.330 e. The van der Waals surface area contributed by atoms with E-state index in [0.29, 0.717) is 18.4 Å². The highest BCUT2D eigenvalue weighted by atomic mass is 16.2. The van der Waals surface area contributed by atoms with E-state index in [-0.39, 0.29) is 24.6 Å². The number of nitrogen functional groups attached to an aromatic ring is 1. The van der Waals surface area contributed by atoms with Gasteiger partial charge in [-0.2, -0.15) is 0 Å². The Morgan fingerprint density at radius 2 is 1.76 bits per heavy atom. The van der Waals surface area contributed by atoms with Crippen molar-refractivity contribution < 1.29 is 14.4 Å². The number of unbranched alkanes of at least 4 members (excludes halogenated alkanes) is 1. The number of urea groups is 1. The Balaban J connectivity index is 1.93. The number of imide groups is 1. The summed E-state index contributed by atoms with van der Waals surface area (Å²) < 4.78 is 1.21. The first kappa shape index (κ1) is 24.7. The Bertz CT molecular complexity index is 1200. The van der Waals surface area contributed by atoms with Crippen molar-refractivity contribution in [2.24, 2.45) is 0 Å². The zero-order valence-corrected chi connectivity index (χ0v) is 19.6. The van der Waals surface area contributed by atoms with Gasteiger partial charge in [0.25, 0.3) is 11.5 Å². The number of aromatic nitrogens is 2. The summed E-state index contributed by atoms with van der Waals surface area (Å²) in [6, 6.07) is 8.12. The Labute approximate surface area is 196 Å². The Morgan fingerprint density at radius 3 is 2.35 bits per heavy atom. The molecule has 4 amide bonds. The van der Waals surface area contributed by atoms with Crippen LogP contribution in [-0.4, -0.2) is 45.4 Å². The Kier molecular flexibility index (Phi) is 7.23. The third kappa shape index (κ3) is 4.20. The number of likely N-dealkylation sites (N-methyl/N-ethyl adjacent to an activating group) is 1. The molecule has 3 rings (SSSR count). The lowest BCUT2D eigenvalue weighted by Crippen LogP contribution is -2.47. The summed E-state index contributed by atoms with van der Waals surface area (Å²) in [5.41, 5.74) is 3.82. The molecule has 0 saturated carbocycles. The van der Waals surface area contributed by atoms with Gasteiger partial charge in [0.15, 0.2) is 5.69 Å². The van der Waals surface area contributed by atoms with E-state index in [9.17, 15) is 24.0 Å². The highest BCUT2D eigenvalue weighted by molar-refractivity contribution is 6.11. The monoisotopic (exact) mass is 470 g/mol. The molecule has 0 spiro atoms. The van der Waals surface area contributed by atoms with Crippen LogP contribution in [0.1, 0.15) is 45.6 Å². The van der Waals surface area contributed by atoms with Gasteiger partial charge in [-0.1, -0.05) is 50.6 Å². The molecule has 0 bridgehead atoms. The molecule has 1 atom stereocenters. The van der Waals surface area contributed by atoms with Gasteiger partial charge in [-0.25, -0.2) is 9.59 Å². The van der Waals surface area contributed by atoms with Crippen LogP contribution < -0.4 is 27.2 Å². The quantitative estimate of drug-likeness (QED) is 0.468. The van der Waals surface area contributed by atoms with Crippen molar-refractivity contribution in [3.63, 3.8) is 0 Å². The molecule has 4 N–H and O–H groups in total. The molecule has 1 aromatic heterocycles. The lowest BCUT2D eigenvalue weighted by molar-refractivity contribution is -0.134. The summed E-state index contributed by atoms with van der Waals surface area (Å²) in [7, 11) is 0. The molecule has 182 valence electrons. The molecular weight excluding hydrogens is 440 g/mol. The van der Waals surface area contributed by atoms with Crippen molar-refractivity contribution in [3.8, 4) is 0 Å². The van der Waals surface area contributed by atoms with E-state index in [4.69, 9.17) is 5.73 Å². The van der Waals surface area contributed by atoms with Crippen molar-refractivity contribution in [3.05, 3.63) is 56.7 Å². The normalized spacial score (nSPS) is 17.7. The number of anilines is 2. The van der Waals surface area contributed by atoms with Crippen LogP contribution in [0.5, 0.6) is 0 Å². The van der Waals surface area contributed by atoms with Crippen LogP contribution in [0.25, 0.3) is 0 Å². The molecular formula is C23H30N6O5. The number of hydrogen-bond donors (Lipinski definition) is 3. The summed E-state index contributed by atoms with van der Waals surface area (Å²) in [5, 5.41) is 2.73. The highest BCUT2D eigenvalue weighted by Crippen LogP contribution is 2.32. The topological polar surface area (TPSA) is 151 Å². The zero-order valence-electron chi connectivity index (χ0n) is 19.6. The Hall–Kier alpha value is -3.89. The van der Waals surface area contributed by atoms with Gasteiger partial charge in [0.05, 0.1) is 0 Å². The number of benzene rings is 1. The summed E-state index contributed by atoms with van der Waals surface area (Å²) in [6.07, 6.45) is 1.74. The van der Waals surface area contributed by atoms with Crippen LogP contribution in [0.3, 0.4) is 0 Å². The number of amides is 4. The summed E-state index contributed by atoms with van der Waals surface area (Å²) in [6.45, 7) is 5.08. The minimum Gasteiger partial charge on any atom is -0.383 e. The molecule has 0 aliphatic carbocycles. The van der Waals surface area contributed by atoms with E-state index in [0.717, 1.165) is 16.2 Å². The van der Waals surface area contributed by atoms with Crippen LogP contribution in [-0.2, 0) is 21.7 Å². The molecule has 1 fully saturated rings. The molecule has 1 aliphatic rings. The second-order valence-corrected chi connectivity index (χ2v) is 8.08. The van der Waals surface area contributed by atoms with E-state index in [1.165, 1.54) is 4.57 Å². The fraction of sp³-hybridized carbons (Fsp3) is 0.435. The van der Waals surface area contributed by atoms with Gasteiger partial charge in [-0.3, -0.25) is 28.8 Å². The number of rotatable bonds is 9. The van der Waals surface area contributed by atoms with Gasteiger partial charge in [-0.15, -0.1) is 0 Å². The van der Waals surface area contributed by atoms with Crippen molar-refractivity contribution in [2.75, 3.05) is 23.7 Å². The predicted octanol–water partition coefficient (Wildman–Crippen LogP) is 1.13. The van der Waals surface area contributed by atoms with E-state index >= 15 is 0 Å². The first-order valence-corrected chi connectivity index (χ1v) is 11.3. The van der Waals surface area contributed by atoms with Crippen LogP contribution in [0, 0.1) is 0 Å². The molecule has 1 saturated heterocycles. The van der Waals surface area contributed by atoms with E-state index in [1.807, 2.05) is 6.92 Å². The second kappa shape index (κ2) is 9.94. The highest BCUT2D eigenvalue weighted by Gasteiger charge is 2.51. The molecule has 2 aromatic rings. The van der Waals surface area contributed by atoms with Crippen LogP contribution in [0.2, 0.25) is 0 Å². The number of nitrogens with zero attached hydrogens (tertiary/aromatic N) is 3. The first-order chi connectivity index (χ1) is 16.2. The van der Waals surface area contributed by atoms with Crippen molar-refractivity contribution >= 4 is 29.4 Å². The Morgan fingerprint density at radius 1 is 1.09 bits per heavy atom. The minimum absolute atomic E-state index is 0.0410. The van der Waals surface area contributed by atoms with Gasteiger partial charge in [-0.05, 0) is 25.3 Å². The average molecular weight is 471 g/mol. The summed E-state index contributed by atoms with van der Waals surface area (Å²) >= 11 is 0. The van der Waals surface area contributed by atoms with E-state index < -0.39 is 41.2 Å². The molecule has 11 nitrogen and oxygen atoms in total. The summed E-state index contributed by atoms with van der Waals surface area (Å²) in [5.74, 6) is -1.36. The van der Waals surface area contributed by atoms with Crippen molar-refractivity contribution in [1.29, 1.82) is 0 Å². The lowest BCUT2D eigenvalue weighted by Gasteiger charge is -2.27. The number of carbonyl (C=O) groups excluding carboxylic acids is 3. The van der Waals surface area contributed by atoms with E-state index in [1.54, 1.807) is 44.2 Å². The molecule has 2 heterocycles. The number of hydrogen-bond acceptors (Lipinski definition) is 6. The number of nitrogens with one attached hydrogen (secondary N) is 2. The summed E-state index contributed by atoms with van der Waals surface area (Å²) in [4.78, 5) is 68.3. The number of nitrogens with two attached hydrogens (primary N) is 1. The van der Waals surface area contributed by atoms with Crippen LogP contribution >= 0.6 is 0 Å². The van der Waals surface area contributed by atoms with Gasteiger partial charge in [0, 0.05) is 13.1 Å². The lowest BCUT2D eigenvalue weighted by atomic mass is 9.87. The fourth-order valence-corrected chi connectivity index (χ4v) is 4.19. The average Bonchev–Trinajstić information content (AvgIpc) is 3.07. The molecule has 1 aromatic carbocycles. The maximum absolute atomic E-state index is 13.3. The van der Waals surface area contributed by atoms with E-state index in [2.05, 4.69) is 10.3 Å². The van der Waals surface area contributed by atoms with Crippen molar-refractivity contribution in [2.45, 2.75) is 52.1 Å². The third-order valence-corrected chi connectivity index (χ3v) is 6.10. The van der Waals surface area contributed by atoms with Crippen LogP contribution in [0.15, 0.2) is 39.9 Å². The molecule has 34 heavy (non-hydrogen) atoms. The van der Waals surface area contributed by atoms with Crippen molar-refractivity contribution in [1.82, 2.24) is 19.8 Å². The molecule has 11 heteroatoms. The van der Waals surface area contributed by atoms with Gasteiger partial charge in [0.1, 0.15) is 17.9 Å². The molecule has 0 unspecified atom stereocenters. The fourth-order valence-electron chi connectivity index (χ4n) is 4.19. The zero-order chi connectivity index (χ0) is 25.0. The van der Waals surface area contributed by atoms with Gasteiger partial charge >= 0.3 is 11.7 Å². The maximum atomic E-state index is 13.3. The largest absolute Gasteiger partial charge is 0.383 e. The van der Waals surface area contributed by atoms with Gasteiger partial charge in [0.2, 0.25) is 5.91 Å². The predicted molar refractivity (Wildman–Crippen MR) is 127 cm³/mol.